The van der Waals surface area contributed by atoms with Crippen LogP contribution in [0.5, 0.6) is 0 Å². The number of carbonyl (C=O) groups excluding carboxylic acids is 3. The van der Waals surface area contributed by atoms with Gasteiger partial charge in [0.05, 0.1) is 0 Å². The molecular formula is C20H25N3O3. The first kappa shape index (κ1) is 17.1. The maximum atomic E-state index is 13.0. The number of hydrogen-bond donors (Lipinski definition) is 1. The summed E-state index contributed by atoms with van der Waals surface area (Å²) in [6.07, 6.45) is 6.07. The highest BCUT2D eigenvalue weighted by Gasteiger charge is 2.52. The van der Waals surface area contributed by atoms with Crippen molar-refractivity contribution in [2.45, 2.75) is 51.0 Å². The van der Waals surface area contributed by atoms with Crippen molar-refractivity contribution in [3.63, 3.8) is 0 Å². The summed E-state index contributed by atoms with van der Waals surface area (Å²) in [6.45, 7) is 2.22. The van der Waals surface area contributed by atoms with E-state index in [1.54, 1.807) is 4.90 Å². The SMILES string of the molecule is C[C@@]1(C2CCCCC2)NC(=O)N(CC(=O)N2CCc3ccccc32)C1=O. The van der Waals surface area contributed by atoms with E-state index in [2.05, 4.69) is 5.32 Å². The molecule has 26 heavy (non-hydrogen) atoms. The smallest absolute Gasteiger partial charge is 0.323 e. The van der Waals surface area contributed by atoms with Gasteiger partial charge in [0.1, 0.15) is 12.1 Å². The Labute approximate surface area is 153 Å². The second-order valence-corrected chi connectivity index (χ2v) is 7.78. The Bertz CT molecular complexity index is 756. The molecule has 1 saturated heterocycles. The molecule has 138 valence electrons. The minimum atomic E-state index is -0.874. The number of imide groups is 1. The Hall–Kier alpha value is -2.37. The third-order valence-electron chi connectivity index (χ3n) is 6.20. The van der Waals surface area contributed by atoms with Crippen molar-refractivity contribution < 1.29 is 14.4 Å². The zero-order valence-corrected chi connectivity index (χ0v) is 15.2. The number of hydrogen-bond acceptors (Lipinski definition) is 3. The van der Waals surface area contributed by atoms with E-state index in [-0.39, 0.29) is 24.3 Å². The van der Waals surface area contributed by atoms with Crippen LogP contribution in [0.25, 0.3) is 0 Å². The van der Waals surface area contributed by atoms with E-state index in [4.69, 9.17) is 0 Å². The third kappa shape index (κ3) is 2.68. The van der Waals surface area contributed by atoms with E-state index in [1.807, 2.05) is 31.2 Å². The molecule has 4 rings (SSSR count). The van der Waals surface area contributed by atoms with Crippen LogP contribution >= 0.6 is 0 Å². The van der Waals surface area contributed by atoms with Gasteiger partial charge in [0, 0.05) is 12.2 Å². The van der Waals surface area contributed by atoms with Gasteiger partial charge in [-0.05, 0) is 43.7 Å². The molecule has 1 aromatic rings. The molecule has 2 aliphatic heterocycles. The number of carbonyl (C=O) groups is 3. The second-order valence-electron chi connectivity index (χ2n) is 7.78. The number of benzene rings is 1. The number of rotatable bonds is 3. The molecule has 0 bridgehead atoms. The normalized spacial score (nSPS) is 26.2. The molecule has 4 amide bonds. The predicted molar refractivity (Wildman–Crippen MR) is 97.7 cm³/mol. The first-order valence-electron chi connectivity index (χ1n) is 9.53. The van der Waals surface area contributed by atoms with Crippen LogP contribution in [0.3, 0.4) is 0 Å². The predicted octanol–water partition coefficient (Wildman–Crippen LogP) is 2.47. The lowest BCUT2D eigenvalue weighted by molar-refractivity contribution is -0.135. The van der Waals surface area contributed by atoms with Gasteiger partial charge in [0.15, 0.2) is 0 Å². The maximum absolute atomic E-state index is 13.0. The molecular weight excluding hydrogens is 330 g/mol. The quantitative estimate of drug-likeness (QED) is 0.847. The van der Waals surface area contributed by atoms with Gasteiger partial charge >= 0.3 is 6.03 Å². The van der Waals surface area contributed by atoms with Crippen LogP contribution in [0, 0.1) is 5.92 Å². The molecule has 1 aliphatic carbocycles. The summed E-state index contributed by atoms with van der Waals surface area (Å²) >= 11 is 0. The first-order valence-corrected chi connectivity index (χ1v) is 9.53. The maximum Gasteiger partial charge on any atom is 0.325 e. The van der Waals surface area contributed by atoms with Crippen LogP contribution in [0.15, 0.2) is 24.3 Å². The van der Waals surface area contributed by atoms with Crippen LogP contribution in [-0.4, -0.2) is 41.4 Å². The Morgan fingerprint density at radius 3 is 2.69 bits per heavy atom. The van der Waals surface area contributed by atoms with Crippen LogP contribution in [0.1, 0.15) is 44.6 Å². The number of anilines is 1. The number of para-hydroxylation sites is 1. The molecule has 0 unspecified atom stereocenters. The van der Waals surface area contributed by atoms with Gasteiger partial charge in [0.25, 0.3) is 5.91 Å². The van der Waals surface area contributed by atoms with E-state index in [0.717, 1.165) is 48.3 Å². The van der Waals surface area contributed by atoms with Gasteiger partial charge in [-0.15, -0.1) is 0 Å². The number of amides is 4. The standard InChI is InChI=1S/C20H25N3O3/c1-20(15-8-3-2-4-9-15)18(25)23(19(26)21-20)13-17(24)22-12-11-14-7-5-6-10-16(14)22/h5-7,10,15H,2-4,8-9,11-13H2,1H3,(H,21,26)/t20-/m0/s1. The minimum absolute atomic E-state index is 0.153. The third-order valence-corrected chi connectivity index (χ3v) is 6.20. The molecule has 2 fully saturated rings. The Morgan fingerprint density at radius 1 is 1.19 bits per heavy atom. The zero-order valence-electron chi connectivity index (χ0n) is 15.2. The second kappa shape index (κ2) is 6.41. The molecule has 1 saturated carbocycles. The van der Waals surface area contributed by atoms with E-state index >= 15 is 0 Å². The Balaban J connectivity index is 1.49. The van der Waals surface area contributed by atoms with E-state index in [0.29, 0.717) is 6.54 Å². The summed E-state index contributed by atoms with van der Waals surface area (Å²) in [6, 6.07) is 7.34. The lowest BCUT2D eigenvalue weighted by Crippen LogP contribution is -2.51. The molecule has 3 aliphatic rings. The summed E-state index contributed by atoms with van der Waals surface area (Å²) in [4.78, 5) is 41.1. The number of nitrogens with zero attached hydrogens (tertiary/aromatic N) is 2. The molecule has 1 atom stereocenters. The average Bonchev–Trinajstić information content (AvgIpc) is 3.18. The Kier molecular flexibility index (Phi) is 4.21. The van der Waals surface area contributed by atoms with Gasteiger partial charge in [-0.2, -0.15) is 0 Å². The number of fused-ring (bicyclic) bond motifs is 1. The van der Waals surface area contributed by atoms with Crippen molar-refractivity contribution in [1.29, 1.82) is 0 Å². The first-order chi connectivity index (χ1) is 12.5. The lowest BCUT2D eigenvalue weighted by atomic mass is 9.75. The molecule has 1 N–H and O–H groups in total. The zero-order chi connectivity index (χ0) is 18.3. The molecule has 0 radical (unpaired) electrons. The fraction of sp³-hybridized carbons (Fsp3) is 0.550. The van der Waals surface area contributed by atoms with Gasteiger partial charge < -0.3 is 10.2 Å². The molecule has 0 spiro atoms. The molecule has 6 heteroatoms. The molecule has 2 heterocycles. The van der Waals surface area contributed by atoms with Crippen molar-refractivity contribution >= 4 is 23.5 Å². The highest BCUT2D eigenvalue weighted by Crippen LogP contribution is 2.36. The minimum Gasteiger partial charge on any atom is -0.323 e. The topological polar surface area (TPSA) is 69.7 Å². The van der Waals surface area contributed by atoms with Gasteiger partial charge in [-0.1, -0.05) is 37.5 Å². The van der Waals surface area contributed by atoms with E-state index in [1.165, 1.54) is 6.42 Å². The van der Waals surface area contributed by atoms with Crippen LogP contribution in [-0.2, 0) is 16.0 Å². The number of urea groups is 1. The molecule has 0 aromatic heterocycles. The lowest BCUT2D eigenvalue weighted by Gasteiger charge is -2.34. The summed E-state index contributed by atoms with van der Waals surface area (Å²) < 4.78 is 0. The highest BCUT2D eigenvalue weighted by atomic mass is 16.2. The summed E-state index contributed by atoms with van der Waals surface area (Å²) in [5.41, 5.74) is 1.14. The van der Waals surface area contributed by atoms with Gasteiger partial charge in [0.2, 0.25) is 5.91 Å². The fourth-order valence-electron chi connectivity index (χ4n) is 4.63. The van der Waals surface area contributed by atoms with Crippen LogP contribution < -0.4 is 10.2 Å². The molecule has 1 aromatic carbocycles. The highest BCUT2D eigenvalue weighted by molar-refractivity contribution is 6.10. The van der Waals surface area contributed by atoms with Gasteiger partial charge in [-0.25, -0.2) is 4.79 Å². The van der Waals surface area contributed by atoms with Crippen LogP contribution in [0.4, 0.5) is 10.5 Å². The van der Waals surface area contributed by atoms with Crippen molar-refractivity contribution in [1.82, 2.24) is 10.2 Å². The number of nitrogens with one attached hydrogen (secondary N) is 1. The fourth-order valence-corrected chi connectivity index (χ4v) is 4.63. The summed E-state index contributed by atoms with van der Waals surface area (Å²) in [5.74, 6) is -0.304. The monoisotopic (exact) mass is 355 g/mol. The summed E-state index contributed by atoms with van der Waals surface area (Å²) in [7, 11) is 0. The average molecular weight is 355 g/mol. The van der Waals surface area contributed by atoms with Gasteiger partial charge in [-0.3, -0.25) is 14.5 Å². The van der Waals surface area contributed by atoms with Crippen molar-refractivity contribution in [3.8, 4) is 0 Å². The van der Waals surface area contributed by atoms with Crippen molar-refractivity contribution in [2.24, 2.45) is 5.92 Å². The van der Waals surface area contributed by atoms with Crippen molar-refractivity contribution in [2.75, 3.05) is 18.0 Å². The largest absolute Gasteiger partial charge is 0.325 e. The summed E-state index contributed by atoms with van der Waals surface area (Å²) in [5, 5.41) is 2.88. The van der Waals surface area contributed by atoms with Crippen molar-refractivity contribution in [3.05, 3.63) is 29.8 Å². The van der Waals surface area contributed by atoms with Crippen LogP contribution in [0.2, 0.25) is 0 Å². The van der Waals surface area contributed by atoms with E-state index < -0.39 is 11.6 Å². The Morgan fingerprint density at radius 2 is 1.92 bits per heavy atom. The van der Waals surface area contributed by atoms with E-state index in [9.17, 15) is 14.4 Å². The molecule has 6 nitrogen and oxygen atoms in total.